The minimum absolute atomic E-state index is 0.457. The Hall–Kier alpha value is 3.57. The summed E-state index contributed by atoms with van der Waals surface area (Å²) in [6, 6.07) is -7.36. The van der Waals surface area contributed by atoms with Crippen molar-refractivity contribution in [2.75, 3.05) is 0 Å². The van der Waals surface area contributed by atoms with E-state index in [0.29, 0.717) is 49.9 Å². The summed E-state index contributed by atoms with van der Waals surface area (Å²) in [6.07, 6.45) is 3.21. The summed E-state index contributed by atoms with van der Waals surface area (Å²) in [7, 11) is 0. The average molecular weight is 752 g/mol. The number of halogens is 12. The summed E-state index contributed by atoms with van der Waals surface area (Å²) in [6.45, 7) is 2.08. The third-order valence-electron chi connectivity index (χ3n) is 4.89. The summed E-state index contributed by atoms with van der Waals surface area (Å²) < 4.78 is 0. The molecule has 0 aliphatic rings. The lowest BCUT2D eigenvalue weighted by Crippen LogP contribution is -2.19. The first-order valence-corrected chi connectivity index (χ1v) is 30.7. The monoisotopic (exact) mass is 746 g/mol. The van der Waals surface area contributed by atoms with Gasteiger partial charge in [-0.1, -0.05) is 13.0 Å². The number of aryl methyl sites for hydroxylation is 2. The second-order valence-corrected chi connectivity index (χ2v) is 44.6. The first-order valence-electron chi connectivity index (χ1n) is 9.73. The van der Waals surface area contributed by atoms with Gasteiger partial charge in [0.15, 0.2) is 0 Å². The molecule has 0 radical (unpaired) electrons. The summed E-state index contributed by atoms with van der Waals surface area (Å²) in [5.74, 6) is 0. The zero-order valence-electron chi connectivity index (χ0n) is 17.0. The Kier molecular flexibility index (Phi) is 14.8. The normalized spacial score (nSPS) is 13.7. The molecule has 186 valence electrons. The van der Waals surface area contributed by atoms with E-state index in [1.165, 1.54) is 0 Å². The molecule has 1 aromatic rings. The molecule has 0 saturated carbocycles. The van der Waals surface area contributed by atoms with Crippen molar-refractivity contribution in [1.82, 2.24) is 0 Å². The Balaban J connectivity index is 3.62. The zero-order chi connectivity index (χ0) is 25.0. The van der Waals surface area contributed by atoms with Gasteiger partial charge in [-0.3, -0.25) is 0 Å². The third kappa shape index (κ3) is 14.5. The first-order chi connectivity index (χ1) is 14.3. The highest BCUT2D eigenvalue weighted by Crippen LogP contribution is 2.38. The smallest absolute Gasteiger partial charge is 0.126 e. The van der Waals surface area contributed by atoms with Crippen LogP contribution in [0.25, 0.3) is 0 Å². The maximum absolute atomic E-state index is 6.23. The van der Waals surface area contributed by atoms with Crippen molar-refractivity contribution in [2.24, 2.45) is 0 Å². The van der Waals surface area contributed by atoms with E-state index >= 15 is 0 Å². The second kappa shape index (κ2) is 14.1. The molecule has 0 nitrogen and oxygen atoms in total. The van der Waals surface area contributed by atoms with Gasteiger partial charge in [-0.25, -0.2) is 0 Å². The second-order valence-electron chi connectivity index (χ2n) is 7.44. The van der Waals surface area contributed by atoms with Crippen molar-refractivity contribution >= 4 is 157 Å². The van der Waals surface area contributed by atoms with Crippen LogP contribution in [0.2, 0.25) is 24.2 Å². The van der Waals surface area contributed by atoms with Gasteiger partial charge < -0.3 is 0 Å². The molecule has 0 heterocycles. The molecule has 1 aromatic carbocycles. The van der Waals surface area contributed by atoms with Crippen molar-refractivity contribution in [3.63, 3.8) is 0 Å². The van der Waals surface area contributed by atoms with E-state index in [-0.39, 0.29) is 0 Å². The van der Waals surface area contributed by atoms with Gasteiger partial charge in [0.1, 0.15) is 0 Å². The minimum Gasteiger partial charge on any atom is -0.126 e. The highest BCUT2D eigenvalue weighted by Gasteiger charge is 2.32. The van der Waals surface area contributed by atoms with Crippen LogP contribution in [-0.4, -0.2) is 24.0 Å². The van der Waals surface area contributed by atoms with E-state index in [2.05, 4.69) is 13.0 Å². The molecular formula is C16H22Cl12Si4. The number of hydrogen-bond donors (Lipinski definition) is 0. The van der Waals surface area contributed by atoms with Crippen LogP contribution in [0.15, 0.2) is 6.07 Å². The van der Waals surface area contributed by atoms with E-state index in [1.54, 1.807) is 0 Å². The lowest BCUT2D eigenvalue weighted by atomic mass is 9.86. The average Bonchev–Trinajstić information content (AvgIpc) is 2.58. The van der Waals surface area contributed by atoms with Crippen molar-refractivity contribution in [1.29, 1.82) is 0 Å². The molecule has 1 rings (SSSR count). The molecule has 0 bridgehead atoms. The Morgan fingerprint density at radius 2 is 0.781 bits per heavy atom. The number of rotatable bonds is 13. The summed E-state index contributed by atoms with van der Waals surface area (Å²) in [5, 5.41) is 0. The van der Waals surface area contributed by atoms with Crippen LogP contribution >= 0.6 is 133 Å². The molecule has 16 heteroatoms. The fourth-order valence-corrected chi connectivity index (χ4v) is 9.05. The summed E-state index contributed by atoms with van der Waals surface area (Å²) >= 11 is 74.5. The first kappa shape index (κ1) is 33.6. The lowest BCUT2D eigenvalue weighted by molar-refractivity contribution is 0.908. The Bertz CT molecular complexity index is 750. The Labute approximate surface area is 251 Å². The van der Waals surface area contributed by atoms with Gasteiger partial charge in [0, 0.05) is 0 Å². The molecular weight excluding hydrogens is 730 g/mol. The van der Waals surface area contributed by atoms with Gasteiger partial charge in [0.25, 0.3) is 0 Å². The summed E-state index contributed by atoms with van der Waals surface area (Å²) in [4.78, 5) is 0. The van der Waals surface area contributed by atoms with Crippen LogP contribution < -0.4 is 0 Å². The van der Waals surface area contributed by atoms with Crippen LogP contribution in [0.1, 0.15) is 34.7 Å². The van der Waals surface area contributed by atoms with E-state index in [4.69, 9.17) is 133 Å². The highest BCUT2D eigenvalue weighted by atomic mass is 35.9. The van der Waals surface area contributed by atoms with Gasteiger partial charge in [-0.2, -0.15) is 0 Å². The minimum atomic E-state index is -2.88. The third-order valence-corrected chi connectivity index (χ3v) is 15.0. The Morgan fingerprint density at radius 1 is 0.469 bits per heavy atom. The van der Waals surface area contributed by atoms with Crippen molar-refractivity contribution in [3.05, 3.63) is 33.9 Å². The molecule has 0 fully saturated rings. The lowest BCUT2D eigenvalue weighted by Gasteiger charge is -2.25. The van der Waals surface area contributed by atoms with Gasteiger partial charge in [-0.05, 0) is 84.1 Å². The van der Waals surface area contributed by atoms with Gasteiger partial charge >= 0.3 is 24.0 Å². The van der Waals surface area contributed by atoms with Crippen LogP contribution in [0.4, 0.5) is 0 Å². The van der Waals surface area contributed by atoms with E-state index in [9.17, 15) is 0 Å². The Morgan fingerprint density at radius 3 is 1.12 bits per heavy atom. The van der Waals surface area contributed by atoms with Gasteiger partial charge in [0.05, 0.1) is 0 Å². The molecule has 32 heavy (non-hydrogen) atoms. The number of benzene rings is 1. The molecule has 0 N–H and O–H groups in total. The maximum Gasteiger partial charge on any atom is 0.341 e. The molecule has 0 aromatic heterocycles. The van der Waals surface area contributed by atoms with Gasteiger partial charge in [0.2, 0.25) is 0 Å². The molecule has 0 atom stereocenters. The molecule has 0 spiro atoms. The van der Waals surface area contributed by atoms with Crippen LogP contribution in [0, 0.1) is 0 Å². The predicted octanol–water partition coefficient (Wildman–Crippen LogP) is 11.0. The van der Waals surface area contributed by atoms with E-state index < -0.39 is 24.0 Å². The molecule has 0 aliphatic carbocycles. The van der Waals surface area contributed by atoms with Crippen LogP contribution in [0.5, 0.6) is 0 Å². The van der Waals surface area contributed by atoms with Crippen molar-refractivity contribution < 1.29 is 0 Å². The highest BCUT2D eigenvalue weighted by molar-refractivity contribution is 7.66. The van der Waals surface area contributed by atoms with E-state index in [0.717, 1.165) is 34.2 Å². The van der Waals surface area contributed by atoms with Crippen LogP contribution in [-0.2, 0) is 32.1 Å². The zero-order valence-corrected chi connectivity index (χ0v) is 30.0. The molecule has 0 saturated heterocycles. The fraction of sp³-hybridized carbons (Fsp3) is 0.625. The van der Waals surface area contributed by atoms with Crippen molar-refractivity contribution in [3.8, 4) is 0 Å². The molecule has 0 unspecified atom stereocenters. The number of hydrogen-bond acceptors (Lipinski definition) is 0. The maximum atomic E-state index is 6.23. The SMILES string of the molecule is CCc1cc(CC[Si](Cl)(Cl)Cl)c(CC[Si](Cl)(Cl)Cl)c(CC[Si](Cl)(Cl)Cl)c1CC[Si](Cl)(Cl)Cl. The topological polar surface area (TPSA) is 0 Å². The van der Waals surface area contributed by atoms with Crippen LogP contribution in [0.3, 0.4) is 0 Å². The predicted molar refractivity (Wildman–Crippen MR) is 163 cm³/mol. The summed E-state index contributed by atoms with van der Waals surface area (Å²) in [5.41, 5.74) is 5.54. The van der Waals surface area contributed by atoms with Gasteiger partial charge in [-0.15, -0.1) is 133 Å². The molecule has 0 aliphatic heterocycles. The van der Waals surface area contributed by atoms with Crippen molar-refractivity contribution in [2.45, 2.75) is 63.2 Å². The molecule has 0 amide bonds. The largest absolute Gasteiger partial charge is 0.341 e. The standard InChI is InChI=1S/C16H22Cl12Si4/c1-2-12-11-13(3-7-29(17,18)19)15(5-9-31(23,24)25)16(6-10-32(26,27)28)14(12)4-8-30(20,21)22/h11H,2-10H2,1H3. The fourth-order valence-electron chi connectivity index (χ4n) is 3.49. The van der Waals surface area contributed by atoms with E-state index in [1.807, 2.05) is 0 Å². The quantitative estimate of drug-likeness (QED) is 0.139.